The first-order valence-electron chi connectivity index (χ1n) is 6.42. The van der Waals surface area contributed by atoms with Crippen LogP contribution in [0.3, 0.4) is 0 Å². The number of carbonyl (C=O) groups excluding carboxylic acids is 1. The van der Waals surface area contributed by atoms with E-state index in [4.69, 9.17) is 5.73 Å². The fourth-order valence-electron chi connectivity index (χ4n) is 1.82. The Kier molecular flexibility index (Phi) is 4.55. The third kappa shape index (κ3) is 4.15. The molecule has 0 fully saturated rings. The number of nitrogens with two attached hydrogens (primary N) is 1. The first-order chi connectivity index (χ1) is 10.4. The third-order valence-corrected chi connectivity index (χ3v) is 2.94. The number of halogens is 3. The normalized spacial score (nSPS) is 11.0. The van der Waals surface area contributed by atoms with Crippen LogP contribution >= 0.6 is 0 Å². The lowest BCUT2D eigenvalue weighted by molar-refractivity contribution is -0.137. The van der Waals surface area contributed by atoms with Crippen molar-refractivity contribution < 1.29 is 18.0 Å². The Labute approximate surface area is 125 Å². The van der Waals surface area contributed by atoms with Gasteiger partial charge in [0.25, 0.3) is 0 Å². The zero-order valence-electron chi connectivity index (χ0n) is 11.4. The summed E-state index contributed by atoms with van der Waals surface area (Å²) in [6, 6.07) is 10.8. The summed E-state index contributed by atoms with van der Waals surface area (Å²) in [5.41, 5.74) is 6.23. The average molecular weight is 309 g/mol. The van der Waals surface area contributed by atoms with Gasteiger partial charge in [0.05, 0.1) is 5.56 Å². The van der Waals surface area contributed by atoms with Crippen molar-refractivity contribution in [3.05, 3.63) is 59.7 Å². The number of nitrogens with one attached hydrogen (secondary N) is 2. The Bertz CT molecular complexity index is 671. The molecule has 22 heavy (non-hydrogen) atoms. The molecule has 0 unspecified atom stereocenters. The number of rotatable bonds is 3. The van der Waals surface area contributed by atoms with Gasteiger partial charge in [0.2, 0.25) is 0 Å². The van der Waals surface area contributed by atoms with Crippen LogP contribution < -0.4 is 16.4 Å². The summed E-state index contributed by atoms with van der Waals surface area (Å²) in [4.78, 5) is 11.7. The van der Waals surface area contributed by atoms with Gasteiger partial charge < -0.3 is 16.4 Å². The van der Waals surface area contributed by atoms with Crippen LogP contribution in [0.2, 0.25) is 0 Å². The van der Waals surface area contributed by atoms with E-state index in [1.54, 1.807) is 24.3 Å². The summed E-state index contributed by atoms with van der Waals surface area (Å²) in [6.07, 6.45) is -4.45. The van der Waals surface area contributed by atoms with E-state index >= 15 is 0 Å². The van der Waals surface area contributed by atoms with E-state index in [2.05, 4.69) is 10.6 Å². The second kappa shape index (κ2) is 6.38. The van der Waals surface area contributed by atoms with Crippen LogP contribution in [0.15, 0.2) is 48.5 Å². The summed E-state index contributed by atoms with van der Waals surface area (Å²) < 4.78 is 37.7. The lowest BCUT2D eigenvalue weighted by Gasteiger charge is -2.11. The fraction of sp³-hybridized carbons (Fsp3) is 0.133. The van der Waals surface area contributed by atoms with Gasteiger partial charge in [-0.2, -0.15) is 13.2 Å². The number of anilines is 2. The number of amides is 2. The maximum atomic E-state index is 12.6. The van der Waals surface area contributed by atoms with Gasteiger partial charge in [-0.3, -0.25) is 0 Å². The molecule has 0 heterocycles. The van der Waals surface area contributed by atoms with Crippen molar-refractivity contribution in [2.45, 2.75) is 12.7 Å². The van der Waals surface area contributed by atoms with E-state index in [0.717, 1.165) is 17.7 Å². The van der Waals surface area contributed by atoms with Gasteiger partial charge in [-0.25, -0.2) is 4.79 Å². The highest BCUT2D eigenvalue weighted by Crippen LogP contribution is 2.30. The fourth-order valence-corrected chi connectivity index (χ4v) is 1.82. The molecule has 0 aromatic heterocycles. The Morgan fingerprint density at radius 3 is 2.50 bits per heavy atom. The zero-order valence-corrected chi connectivity index (χ0v) is 11.4. The average Bonchev–Trinajstić information content (AvgIpc) is 2.46. The quantitative estimate of drug-likeness (QED) is 0.758. The van der Waals surface area contributed by atoms with Gasteiger partial charge in [0, 0.05) is 17.9 Å². The van der Waals surface area contributed by atoms with Crippen LogP contribution in [0.4, 0.5) is 29.3 Å². The Hall–Kier alpha value is -2.70. The van der Waals surface area contributed by atoms with E-state index in [1.807, 2.05) is 0 Å². The summed E-state index contributed by atoms with van der Waals surface area (Å²) in [5, 5.41) is 4.89. The topological polar surface area (TPSA) is 67.1 Å². The number of hydrogen-bond donors (Lipinski definition) is 3. The lowest BCUT2D eigenvalue weighted by atomic mass is 10.2. The molecular formula is C15H14F3N3O. The molecule has 2 amide bonds. The van der Waals surface area contributed by atoms with Crippen molar-refractivity contribution in [1.82, 2.24) is 5.32 Å². The van der Waals surface area contributed by atoms with Gasteiger partial charge in [-0.05, 0) is 29.8 Å². The van der Waals surface area contributed by atoms with Crippen molar-refractivity contribution in [2.75, 3.05) is 11.1 Å². The van der Waals surface area contributed by atoms with E-state index in [0.29, 0.717) is 5.69 Å². The van der Waals surface area contributed by atoms with Crippen molar-refractivity contribution in [3.63, 3.8) is 0 Å². The molecule has 2 aromatic rings. The molecule has 116 valence electrons. The molecule has 4 nitrogen and oxygen atoms in total. The molecule has 0 saturated heterocycles. The molecule has 0 aliphatic heterocycles. The minimum atomic E-state index is -4.45. The second-order valence-electron chi connectivity index (χ2n) is 4.59. The molecule has 0 atom stereocenters. The van der Waals surface area contributed by atoms with Crippen molar-refractivity contribution in [1.29, 1.82) is 0 Å². The van der Waals surface area contributed by atoms with Crippen LogP contribution in [0.25, 0.3) is 0 Å². The molecule has 0 aliphatic carbocycles. The van der Waals surface area contributed by atoms with Crippen molar-refractivity contribution in [3.8, 4) is 0 Å². The molecule has 4 N–H and O–H groups in total. The Balaban J connectivity index is 1.97. The van der Waals surface area contributed by atoms with Gasteiger partial charge in [-0.15, -0.1) is 0 Å². The van der Waals surface area contributed by atoms with Gasteiger partial charge in [-0.1, -0.05) is 24.3 Å². The molecule has 0 aliphatic rings. The standard InChI is InChI=1S/C15H14F3N3O/c16-15(17,18)11-5-3-6-12(8-11)21-14(22)20-9-10-4-1-2-7-13(10)19/h1-8H,9,19H2,(H2,20,21,22). The molecule has 0 bridgehead atoms. The molecule has 0 radical (unpaired) electrons. The first kappa shape index (κ1) is 15.7. The number of para-hydroxylation sites is 1. The highest BCUT2D eigenvalue weighted by atomic mass is 19.4. The van der Waals surface area contributed by atoms with Crippen LogP contribution in [0.5, 0.6) is 0 Å². The van der Waals surface area contributed by atoms with Crippen molar-refractivity contribution >= 4 is 17.4 Å². The van der Waals surface area contributed by atoms with Crippen LogP contribution in [-0.2, 0) is 12.7 Å². The first-order valence-corrected chi connectivity index (χ1v) is 6.42. The maximum Gasteiger partial charge on any atom is 0.416 e. The summed E-state index contributed by atoms with van der Waals surface area (Å²) >= 11 is 0. The van der Waals surface area contributed by atoms with E-state index < -0.39 is 17.8 Å². The SMILES string of the molecule is Nc1ccccc1CNC(=O)Nc1cccc(C(F)(F)F)c1. The Morgan fingerprint density at radius 2 is 1.82 bits per heavy atom. The highest BCUT2D eigenvalue weighted by molar-refractivity contribution is 5.89. The van der Waals surface area contributed by atoms with E-state index in [1.165, 1.54) is 12.1 Å². The number of urea groups is 1. The van der Waals surface area contributed by atoms with Crippen LogP contribution in [-0.4, -0.2) is 6.03 Å². The van der Waals surface area contributed by atoms with E-state index in [-0.39, 0.29) is 12.2 Å². The zero-order chi connectivity index (χ0) is 16.2. The molecule has 2 aromatic carbocycles. The number of alkyl halides is 3. The number of carbonyl (C=O) groups is 1. The van der Waals surface area contributed by atoms with Gasteiger partial charge >= 0.3 is 12.2 Å². The predicted molar refractivity (Wildman–Crippen MR) is 78.2 cm³/mol. The second-order valence-corrected chi connectivity index (χ2v) is 4.59. The van der Waals surface area contributed by atoms with Gasteiger partial charge in [0.15, 0.2) is 0 Å². The molecule has 7 heteroatoms. The van der Waals surface area contributed by atoms with Crippen LogP contribution in [0.1, 0.15) is 11.1 Å². The minimum Gasteiger partial charge on any atom is -0.398 e. The number of hydrogen-bond acceptors (Lipinski definition) is 2. The lowest BCUT2D eigenvalue weighted by Crippen LogP contribution is -2.28. The monoisotopic (exact) mass is 309 g/mol. The largest absolute Gasteiger partial charge is 0.416 e. The van der Waals surface area contributed by atoms with Gasteiger partial charge in [0.1, 0.15) is 0 Å². The molecule has 2 rings (SSSR count). The summed E-state index contributed by atoms with van der Waals surface area (Å²) in [5.74, 6) is 0. The van der Waals surface area contributed by atoms with Crippen molar-refractivity contribution in [2.24, 2.45) is 0 Å². The molecule has 0 saturated carbocycles. The molecular weight excluding hydrogens is 295 g/mol. The number of benzene rings is 2. The minimum absolute atomic E-state index is 0.0633. The third-order valence-electron chi connectivity index (χ3n) is 2.94. The predicted octanol–water partition coefficient (Wildman–Crippen LogP) is 3.61. The van der Waals surface area contributed by atoms with E-state index in [9.17, 15) is 18.0 Å². The number of nitrogen functional groups attached to an aromatic ring is 1. The smallest absolute Gasteiger partial charge is 0.398 e. The highest BCUT2D eigenvalue weighted by Gasteiger charge is 2.30. The summed E-state index contributed by atoms with van der Waals surface area (Å²) in [7, 11) is 0. The molecule has 0 spiro atoms. The summed E-state index contributed by atoms with van der Waals surface area (Å²) in [6.45, 7) is 0.178. The Morgan fingerprint density at radius 1 is 1.09 bits per heavy atom. The van der Waals surface area contributed by atoms with Crippen LogP contribution in [0, 0.1) is 0 Å². The maximum absolute atomic E-state index is 12.6.